The summed E-state index contributed by atoms with van der Waals surface area (Å²) in [5.74, 6) is 2.28. The van der Waals surface area contributed by atoms with Crippen molar-refractivity contribution < 1.29 is 19.7 Å². The summed E-state index contributed by atoms with van der Waals surface area (Å²) in [6.45, 7) is 5.86. The van der Waals surface area contributed by atoms with Gasteiger partial charge in [-0.1, -0.05) is 43.2 Å². The molecule has 0 aliphatic carbocycles. The zero-order valence-corrected chi connectivity index (χ0v) is 19.1. The van der Waals surface area contributed by atoms with Crippen molar-refractivity contribution in [1.29, 1.82) is 0 Å². The fourth-order valence-corrected chi connectivity index (χ4v) is 2.66. The predicted molar refractivity (Wildman–Crippen MR) is 121 cm³/mol. The first-order valence-corrected chi connectivity index (χ1v) is 9.99. The van der Waals surface area contributed by atoms with Gasteiger partial charge in [0, 0.05) is 38.5 Å². The van der Waals surface area contributed by atoms with Gasteiger partial charge in [0.2, 0.25) is 11.9 Å². The highest BCUT2D eigenvalue weighted by Gasteiger charge is 2.06. The number of aryl methyl sites for hydroxylation is 1. The highest BCUT2D eigenvalue weighted by Crippen LogP contribution is 2.31. The lowest BCUT2D eigenvalue weighted by molar-refractivity contribution is -0.432. The third-order valence-electron chi connectivity index (χ3n) is 3.50. The van der Waals surface area contributed by atoms with E-state index in [4.69, 9.17) is 5.26 Å². The van der Waals surface area contributed by atoms with Gasteiger partial charge in [-0.3, -0.25) is 0 Å². The lowest BCUT2D eigenvalue weighted by Crippen LogP contribution is -2.19. The number of anilines is 2. The molecule has 1 aromatic heterocycles. The van der Waals surface area contributed by atoms with Crippen LogP contribution in [-0.4, -0.2) is 53.5 Å². The number of hydrogen-bond donors (Lipinski definition) is 2. The third kappa shape index (κ3) is 7.64. The summed E-state index contributed by atoms with van der Waals surface area (Å²) >= 11 is 0.817. The minimum absolute atomic E-state index is 0.164. The largest absolute Gasteiger partial charge is 0.507 e. The van der Waals surface area contributed by atoms with Crippen molar-refractivity contribution in [2.75, 3.05) is 38.0 Å². The molecular formula is C20H29N5O4S. The Hall–Kier alpha value is -2.66. The van der Waals surface area contributed by atoms with Gasteiger partial charge < -0.3 is 14.9 Å². The molecule has 0 fully saturated rings. The molecule has 164 valence electrons. The van der Waals surface area contributed by atoms with E-state index in [0.717, 1.165) is 28.6 Å². The second-order valence-electron chi connectivity index (χ2n) is 6.16. The maximum atomic E-state index is 9.68. The molecule has 1 heterocycles. The number of aromatic hydroxyl groups is 1. The Morgan fingerprint density at radius 2 is 1.47 bits per heavy atom. The van der Waals surface area contributed by atoms with E-state index < -0.39 is 0 Å². The van der Waals surface area contributed by atoms with Crippen molar-refractivity contribution in [2.45, 2.75) is 25.7 Å². The van der Waals surface area contributed by atoms with Crippen molar-refractivity contribution in [3.8, 4) is 5.75 Å². The third-order valence-corrected chi connectivity index (χ3v) is 4.05. The fourth-order valence-electron chi connectivity index (χ4n) is 2.22. The first kappa shape index (κ1) is 25.4. The molecule has 3 aromatic rings. The van der Waals surface area contributed by atoms with Crippen LogP contribution < -0.4 is 9.80 Å². The zero-order valence-electron chi connectivity index (χ0n) is 18.3. The Morgan fingerprint density at radius 1 is 0.900 bits per heavy atom. The average Bonchev–Trinajstić information content (AvgIpc) is 2.73. The van der Waals surface area contributed by atoms with E-state index in [1.165, 1.54) is 6.07 Å². The molecule has 0 saturated heterocycles. The van der Waals surface area contributed by atoms with E-state index in [0.29, 0.717) is 16.8 Å². The van der Waals surface area contributed by atoms with E-state index in [-0.39, 0.29) is 5.75 Å². The van der Waals surface area contributed by atoms with Crippen molar-refractivity contribution in [2.24, 2.45) is 0 Å². The van der Waals surface area contributed by atoms with Gasteiger partial charge in [-0.15, -0.1) is 4.33 Å². The predicted octanol–water partition coefficient (Wildman–Crippen LogP) is 4.31. The molecule has 2 N–H and O–H groups in total. The topological polar surface area (TPSA) is 104 Å². The Labute approximate surface area is 181 Å². The first-order valence-electron chi connectivity index (χ1n) is 9.25. The SMILES string of the molecule is CC.Cc1nc(N(C)C)nc(N(C)C)n1.OOOSc1cc(O)c2ccccc2c1. The molecule has 2 aromatic carbocycles. The minimum Gasteiger partial charge on any atom is -0.507 e. The number of phenolic OH excluding ortho intramolecular Hbond substituents is 1. The molecule has 0 atom stereocenters. The van der Waals surface area contributed by atoms with Gasteiger partial charge in [0.1, 0.15) is 11.6 Å². The number of nitrogens with zero attached hydrogens (tertiary/aromatic N) is 5. The van der Waals surface area contributed by atoms with Crippen LogP contribution in [0.5, 0.6) is 5.75 Å². The fraction of sp³-hybridized carbons (Fsp3) is 0.350. The number of aromatic nitrogens is 3. The molecule has 0 aliphatic rings. The van der Waals surface area contributed by atoms with Crippen molar-refractivity contribution >= 4 is 34.7 Å². The second-order valence-corrected chi connectivity index (χ2v) is 6.94. The highest BCUT2D eigenvalue weighted by atomic mass is 32.2. The summed E-state index contributed by atoms with van der Waals surface area (Å²) in [4.78, 5) is 17.0. The maximum Gasteiger partial charge on any atom is 0.229 e. The van der Waals surface area contributed by atoms with Gasteiger partial charge in [0.05, 0.1) is 12.0 Å². The molecule has 10 heteroatoms. The van der Waals surface area contributed by atoms with Gasteiger partial charge in [0.25, 0.3) is 0 Å². The van der Waals surface area contributed by atoms with Crippen LogP contribution in [0.3, 0.4) is 0 Å². The molecule has 0 radical (unpaired) electrons. The number of fused-ring (bicyclic) bond motifs is 1. The number of hydrogen-bond acceptors (Lipinski definition) is 10. The smallest absolute Gasteiger partial charge is 0.229 e. The molecular weight excluding hydrogens is 406 g/mol. The summed E-state index contributed by atoms with van der Waals surface area (Å²) in [6, 6.07) is 10.8. The molecule has 0 amide bonds. The standard InChI is InChI=1S/C10H8O4S.C8H15N5.C2H6/c11-10-6-8(15-14-13-12)5-7-3-1-2-4-9(7)10;1-6-9-7(12(2)3)11-8(10-6)13(4)5;1-2/h1-6,11-12H;1-5H3;1-2H3. The average molecular weight is 436 g/mol. The quantitative estimate of drug-likeness (QED) is 0.342. The summed E-state index contributed by atoms with van der Waals surface area (Å²) in [5.41, 5.74) is 0. The molecule has 3 rings (SSSR count). The van der Waals surface area contributed by atoms with Gasteiger partial charge >= 0.3 is 0 Å². The minimum atomic E-state index is 0.164. The Bertz CT molecular complexity index is 899. The zero-order chi connectivity index (χ0) is 22.7. The van der Waals surface area contributed by atoms with Crippen LogP contribution in [0.15, 0.2) is 41.3 Å². The summed E-state index contributed by atoms with van der Waals surface area (Å²) in [5, 5.41) is 22.8. The van der Waals surface area contributed by atoms with Gasteiger partial charge in [-0.2, -0.15) is 15.0 Å². The maximum absolute atomic E-state index is 9.68. The number of phenols is 1. The van der Waals surface area contributed by atoms with E-state index in [9.17, 15) is 5.11 Å². The molecule has 0 saturated carbocycles. The van der Waals surface area contributed by atoms with Crippen LogP contribution in [0.1, 0.15) is 19.7 Å². The summed E-state index contributed by atoms with van der Waals surface area (Å²) in [7, 11) is 7.64. The lowest BCUT2D eigenvalue weighted by Gasteiger charge is -2.14. The van der Waals surface area contributed by atoms with Crippen molar-refractivity contribution in [1.82, 2.24) is 15.0 Å². The second kappa shape index (κ2) is 12.8. The van der Waals surface area contributed by atoms with Gasteiger partial charge in [-0.05, 0) is 24.4 Å². The Kier molecular flexibility index (Phi) is 10.8. The van der Waals surface area contributed by atoms with Gasteiger partial charge in [-0.25, -0.2) is 5.26 Å². The van der Waals surface area contributed by atoms with E-state index in [1.807, 2.05) is 89.1 Å². The molecule has 0 bridgehead atoms. The summed E-state index contributed by atoms with van der Waals surface area (Å²) in [6.07, 6.45) is 0. The van der Waals surface area contributed by atoms with Crippen LogP contribution in [0.2, 0.25) is 0 Å². The number of rotatable bonds is 5. The molecule has 30 heavy (non-hydrogen) atoms. The number of benzene rings is 2. The molecule has 0 aliphatic heterocycles. The highest BCUT2D eigenvalue weighted by molar-refractivity contribution is 7.94. The van der Waals surface area contributed by atoms with Crippen LogP contribution in [0.25, 0.3) is 10.8 Å². The van der Waals surface area contributed by atoms with Crippen LogP contribution >= 0.6 is 12.0 Å². The van der Waals surface area contributed by atoms with Crippen LogP contribution in [-0.2, 0) is 9.37 Å². The normalized spacial score (nSPS) is 9.87. The van der Waals surface area contributed by atoms with Crippen LogP contribution in [0.4, 0.5) is 11.9 Å². The van der Waals surface area contributed by atoms with Gasteiger partial charge in [0.15, 0.2) is 0 Å². The molecule has 9 nitrogen and oxygen atoms in total. The lowest BCUT2D eigenvalue weighted by atomic mass is 10.1. The van der Waals surface area contributed by atoms with Crippen LogP contribution in [0, 0.1) is 6.92 Å². The van der Waals surface area contributed by atoms with E-state index >= 15 is 0 Å². The van der Waals surface area contributed by atoms with E-state index in [2.05, 4.69) is 24.3 Å². The summed E-state index contributed by atoms with van der Waals surface area (Å²) < 4.78 is 4.28. The van der Waals surface area contributed by atoms with E-state index in [1.54, 1.807) is 0 Å². The van der Waals surface area contributed by atoms with Crippen molar-refractivity contribution in [3.05, 3.63) is 42.2 Å². The first-order chi connectivity index (χ1) is 14.3. The molecule has 0 spiro atoms. The van der Waals surface area contributed by atoms with Crippen molar-refractivity contribution in [3.63, 3.8) is 0 Å². The Balaban J connectivity index is 0.000000280. The Morgan fingerprint density at radius 3 is 2.00 bits per heavy atom. The monoisotopic (exact) mass is 435 g/mol. The molecule has 0 unspecified atom stereocenters.